The van der Waals surface area contributed by atoms with Crippen molar-refractivity contribution in [1.29, 1.82) is 0 Å². The average molecular weight is 388 g/mol. The second kappa shape index (κ2) is 10.3. The maximum Gasteiger partial charge on any atom is 0.310 e. The third-order valence-corrected chi connectivity index (χ3v) is 4.94. The van der Waals surface area contributed by atoms with Crippen LogP contribution in [0.3, 0.4) is 0 Å². The van der Waals surface area contributed by atoms with Gasteiger partial charge in [-0.05, 0) is 29.5 Å². The molecule has 0 amide bonds. The molecule has 2 aromatic carbocycles. The highest BCUT2D eigenvalue weighted by Gasteiger charge is 2.32. The van der Waals surface area contributed by atoms with Gasteiger partial charge in [-0.3, -0.25) is 4.79 Å². The molecule has 5 heteroatoms. The minimum Gasteiger partial charge on any atom is -0.481 e. The second-order valence-corrected chi connectivity index (χ2v) is 6.74. The predicted octanol–water partition coefficient (Wildman–Crippen LogP) is 3.70. The van der Waals surface area contributed by atoms with Gasteiger partial charge in [0.15, 0.2) is 0 Å². The first-order chi connectivity index (χ1) is 12.6. The standard InChI is InChI=1S/C22H25NO3.ClH/c24-21-13-15-23(16-20(21)22(25)26)14-7-12-19(17-8-3-1-4-9-17)18-10-5-2-6-11-18;/h1-6,8-12,20-21,24H,7,13-16H2,(H,25,26);1H/t20-,21-;/m0./s1. The number of hydrogen-bond acceptors (Lipinski definition) is 3. The molecule has 0 saturated carbocycles. The molecule has 1 aliphatic rings. The molecule has 2 atom stereocenters. The molecular weight excluding hydrogens is 362 g/mol. The molecule has 144 valence electrons. The third-order valence-electron chi connectivity index (χ3n) is 4.94. The van der Waals surface area contributed by atoms with Gasteiger partial charge in [-0.2, -0.15) is 0 Å². The first-order valence-corrected chi connectivity index (χ1v) is 9.09. The molecule has 1 fully saturated rings. The summed E-state index contributed by atoms with van der Waals surface area (Å²) in [6, 6.07) is 20.6. The lowest BCUT2D eigenvalue weighted by Gasteiger charge is -2.33. The zero-order chi connectivity index (χ0) is 18.4. The van der Waals surface area contributed by atoms with E-state index in [4.69, 9.17) is 0 Å². The fourth-order valence-electron chi connectivity index (χ4n) is 3.48. The Kier molecular flexibility index (Phi) is 8.04. The van der Waals surface area contributed by atoms with Gasteiger partial charge in [0, 0.05) is 19.6 Å². The minimum atomic E-state index is -0.910. The summed E-state index contributed by atoms with van der Waals surface area (Å²) in [6.07, 6.45) is 2.85. The Balaban J connectivity index is 0.00000261. The largest absolute Gasteiger partial charge is 0.481 e. The van der Waals surface area contributed by atoms with Crippen LogP contribution in [0.4, 0.5) is 0 Å². The van der Waals surface area contributed by atoms with Crippen LogP contribution in [0.5, 0.6) is 0 Å². The molecule has 0 unspecified atom stereocenters. The van der Waals surface area contributed by atoms with E-state index >= 15 is 0 Å². The number of aliphatic carboxylic acids is 1. The predicted molar refractivity (Wildman–Crippen MR) is 110 cm³/mol. The Morgan fingerprint density at radius 2 is 1.59 bits per heavy atom. The summed E-state index contributed by atoms with van der Waals surface area (Å²) in [4.78, 5) is 13.4. The summed E-state index contributed by atoms with van der Waals surface area (Å²) in [5.74, 6) is -1.59. The number of carbonyl (C=O) groups is 1. The fourth-order valence-corrected chi connectivity index (χ4v) is 3.48. The van der Waals surface area contributed by atoms with E-state index in [2.05, 4.69) is 35.2 Å². The monoisotopic (exact) mass is 387 g/mol. The summed E-state index contributed by atoms with van der Waals surface area (Å²) in [5.41, 5.74) is 3.55. The second-order valence-electron chi connectivity index (χ2n) is 6.74. The van der Waals surface area contributed by atoms with Crippen LogP contribution in [0.15, 0.2) is 66.7 Å². The maximum atomic E-state index is 11.3. The Labute approximate surface area is 166 Å². The van der Waals surface area contributed by atoms with E-state index in [1.165, 1.54) is 16.7 Å². The molecule has 4 nitrogen and oxygen atoms in total. The zero-order valence-corrected chi connectivity index (χ0v) is 16.0. The lowest BCUT2D eigenvalue weighted by molar-refractivity contribution is -0.148. The van der Waals surface area contributed by atoms with Crippen molar-refractivity contribution in [3.8, 4) is 0 Å². The highest BCUT2D eigenvalue weighted by atomic mass is 35.5. The number of carboxylic acids is 1. The molecule has 1 aliphatic heterocycles. The van der Waals surface area contributed by atoms with Gasteiger partial charge in [0.25, 0.3) is 0 Å². The SMILES string of the molecule is Cl.O=C(O)[C@H]1CN(CCC=C(c2ccccc2)c2ccccc2)CC[C@@H]1O. The zero-order valence-electron chi connectivity index (χ0n) is 15.2. The van der Waals surface area contributed by atoms with Crippen molar-refractivity contribution in [3.63, 3.8) is 0 Å². The number of hydrogen-bond donors (Lipinski definition) is 2. The van der Waals surface area contributed by atoms with Crippen molar-refractivity contribution in [3.05, 3.63) is 77.9 Å². The minimum absolute atomic E-state index is 0. The van der Waals surface area contributed by atoms with E-state index in [-0.39, 0.29) is 12.4 Å². The molecule has 0 spiro atoms. The van der Waals surface area contributed by atoms with Gasteiger partial charge in [0.2, 0.25) is 0 Å². The number of rotatable bonds is 6. The number of aliphatic hydroxyl groups is 1. The van der Waals surface area contributed by atoms with Crippen molar-refractivity contribution in [1.82, 2.24) is 4.90 Å². The molecule has 27 heavy (non-hydrogen) atoms. The molecule has 2 aromatic rings. The van der Waals surface area contributed by atoms with Crippen molar-refractivity contribution in [2.24, 2.45) is 5.92 Å². The van der Waals surface area contributed by atoms with E-state index < -0.39 is 18.0 Å². The van der Waals surface area contributed by atoms with Gasteiger partial charge in [-0.15, -0.1) is 12.4 Å². The van der Waals surface area contributed by atoms with Crippen LogP contribution < -0.4 is 0 Å². The molecule has 0 aromatic heterocycles. The van der Waals surface area contributed by atoms with Gasteiger partial charge in [0.05, 0.1) is 12.0 Å². The van der Waals surface area contributed by atoms with E-state index in [9.17, 15) is 15.0 Å². The number of benzene rings is 2. The van der Waals surface area contributed by atoms with Crippen LogP contribution in [0, 0.1) is 5.92 Å². The summed E-state index contributed by atoms with van der Waals surface area (Å²) < 4.78 is 0. The van der Waals surface area contributed by atoms with Crippen LogP contribution in [0.2, 0.25) is 0 Å². The number of piperidine rings is 1. The van der Waals surface area contributed by atoms with Crippen molar-refractivity contribution >= 4 is 23.9 Å². The summed E-state index contributed by atoms with van der Waals surface area (Å²) in [7, 11) is 0. The first-order valence-electron chi connectivity index (χ1n) is 9.09. The average Bonchev–Trinajstić information content (AvgIpc) is 2.67. The summed E-state index contributed by atoms with van der Waals surface area (Å²) >= 11 is 0. The lowest BCUT2D eigenvalue weighted by Crippen LogP contribution is -2.46. The third kappa shape index (κ3) is 5.67. The van der Waals surface area contributed by atoms with Crippen molar-refractivity contribution in [2.75, 3.05) is 19.6 Å². The Morgan fingerprint density at radius 1 is 1.04 bits per heavy atom. The van der Waals surface area contributed by atoms with Crippen LogP contribution in [-0.2, 0) is 4.79 Å². The van der Waals surface area contributed by atoms with Crippen LogP contribution >= 0.6 is 12.4 Å². The lowest BCUT2D eigenvalue weighted by atomic mass is 9.94. The van der Waals surface area contributed by atoms with Gasteiger partial charge in [-0.1, -0.05) is 66.7 Å². The van der Waals surface area contributed by atoms with Gasteiger partial charge < -0.3 is 15.1 Å². The van der Waals surface area contributed by atoms with Crippen LogP contribution in [0.25, 0.3) is 5.57 Å². The van der Waals surface area contributed by atoms with E-state index in [1.807, 2.05) is 36.4 Å². The molecular formula is C22H26ClNO3. The molecule has 0 radical (unpaired) electrons. The smallest absolute Gasteiger partial charge is 0.310 e. The van der Waals surface area contributed by atoms with Gasteiger partial charge in [-0.25, -0.2) is 0 Å². The Hall–Kier alpha value is -2.14. The molecule has 1 heterocycles. The first kappa shape index (κ1) is 21.2. The molecule has 0 aliphatic carbocycles. The van der Waals surface area contributed by atoms with Gasteiger partial charge >= 0.3 is 5.97 Å². The normalized spacial score (nSPS) is 19.7. The topological polar surface area (TPSA) is 60.8 Å². The molecule has 3 rings (SSSR count). The van der Waals surface area contributed by atoms with Crippen LogP contribution in [0.1, 0.15) is 24.0 Å². The fraction of sp³-hybridized carbons (Fsp3) is 0.318. The quantitative estimate of drug-likeness (QED) is 0.793. The highest BCUT2D eigenvalue weighted by Crippen LogP contribution is 2.24. The molecule has 2 N–H and O–H groups in total. The van der Waals surface area contributed by atoms with E-state index in [1.54, 1.807) is 0 Å². The summed E-state index contributed by atoms with van der Waals surface area (Å²) in [6.45, 7) is 1.95. The van der Waals surface area contributed by atoms with E-state index in [0.29, 0.717) is 13.0 Å². The summed E-state index contributed by atoms with van der Waals surface area (Å²) in [5, 5.41) is 19.1. The Morgan fingerprint density at radius 3 is 2.11 bits per heavy atom. The van der Waals surface area contributed by atoms with Gasteiger partial charge in [0.1, 0.15) is 0 Å². The maximum absolute atomic E-state index is 11.3. The number of halogens is 1. The number of likely N-dealkylation sites (tertiary alicyclic amines) is 1. The number of aliphatic hydroxyl groups excluding tert-OH is 1. The van der Waals surface area contributed by atoms with E-state index in [0.717, 1.165) is 19.5 Å². The number of carboxylic acid groups (broad SMARTS) is 1. The number of nitrogens with zero attached hydrogens (tertiary/aromatic N) is 1. The molecule has 1 saturated heterocycles. The highest BCUT2D eigenvalue weighted by molar-refractivity contribution is 5.85. The Bertz CT molecular complexity index is 707. The molecule has 0 bridgehead atoms. The van der Waals surface area contributed by atoms with Crippen molar-refractivity contribution < 1.29 is 15.0 Å². The van der Waals surface area contributed by atoms with Crippen molar-refractivity contribution in [2.45, 2.75) is 18.9 Å². The van der Waals surface area contributed by atoms with Crippen LogP contribution in [-0.4, -0.2) is 46.8 Å².